The molecule has 1 saturated heterocycles. The highest BCUT2D eigenvalue weighted by molar-refractivity contribution is 5.93. The van der Waals surface area contributed by atoms with Gasteiger partial charge in [0.05, 0.1) is 29.4 Å². The van der Waals surface area contributed by atoms with Crippen LogP contribution in [0, 0.1) is 30.2 Å². The van der Waals surface area contributed by atoms with E-state index in [0.29, 0.717) is 18.6 Å². The van der Waals surface area contributed by atoms with Gasteiger partial charge in [0.25, 0.3) is 0 Å². The van der Waals surface area contributed by atoms with Crippen LogP contribution in [0.1, 0.15) is 39.3 Å². The second-order valence-electron chi connectivity index (χ2n) is 10.4. The molecular formula is C32H25F4N3O4. The number of hydrogen-bond donors (Lipinski definition) is 1. The molecule has 1 N–H and O–H groups in total. The number of aromatic nitrogens is 3. The molecule has 0 saturated carbocycles. The summed E-state index contributed by atoms with van der Waals surface area (Å²) < 4.78 is 72.9. The lowest BCUT2D eigenvalue weighted by molar-refractivity contribution is -0.0590. The largest absolute Gasteiger partial charge is 0.478 e. The number of fused-ring (bicyclic) bond motifs is 1. The van der Waals surface area contributed by atoms with Gasteiger partial charge >= 0.3 is 5.97 Å². The summed E-state index contributed by atoms with van der Waals surface area (Å²) in [5, 5.41) is 9.39. The molecule has 1 aliphatic heterocycles. The lowest BCUT2D eigenvalue weighted by Gasteiger charge is -2.27. The Morgan fingerprint density at radius 3 is 2.51 bits per heavy atom. The number of ether oxygens (including phenoxy) is 2. The minimum atomic E-state index is -1.43. The first-order valence-corrected chi connectivity index (χ1v) is 13.5. The second kappa shape index (κ2) is 11.5. The number of pyridine rings is 1. The van der Waals surface area contributed by atoms with Gasteiger partial charge in [-0.05, 0) is 60.9 Å². The monoisotopic (exact) mass is 591 g/mol. The van der Waals surface area contributed by atoms with Gasteiger partial charge < -0.3 is 19.1 Å². The molecule has 3 aromatic carbocycles. The first-order chi connectivity index (χ1) is 20.7. The molecule has 0 spiro atoms. The third kappa shape index (κ3) is 5.68. The van der Waals surface area contributed by atoms with Crippen molar-refractivity contribution in [3.63, 3.8) is 0 Å². The van der Waals surface area contributed by atoms with Gasteiger partial charge in [0, 0.05) is 30.2 Å². The molecule has 2 aromatic heterocycles. The Bertz CT molecular complexity index is 1870. The molecule has 43 heavy (non-hydrogen) atoms. The van der Waals surface area contributed by atoms with Gasteiger partial charge in [-0.1, -0.05) is 18.2 Å². The minimum absolute atomic E-state index is 0.0329. The van der Waals surface area contributed by atoms with Crippen LogP contribution in [0.3, 0.4) is 0 Å². The van der Waals surface area contributed by atoms with E-state index in [1.54, 1.807) is 25.1 Å². The summed E-state index contributed by atoms with van der Waals surface area (Å²) in [5.74, 6) is -3.96. The zero-order valence-corrected chi connectivity index (χ0v) is 22.9. The first kappa shape index (κ1) is 28.4. The number of aryl methyl sites for hydroxylation is 1. The summed E-state index contributed by atoms with van der Waals surface area (Å²) in [6.45, 7) is 2.39. The molecule has 1 fully saturated rings. The number of benzene rings is 3. The Hall–Kier alpha value is -4.77. The SMILES string of the molecule is Cc1ccc(COc2cccc(-c3cc(F)c(Cc4nc5ccc(C(=O)O)c(F)c5n4CC4CCO4)cc3F)n2)c(F)c1. The van der Waals surface area contributed by atoms with E-state index in [2.05, 4.69) is 9.97 Å². The van der Waals surface area contributed by atoms with Crippen LogP contribution < -0.4 is 4.74 Å². The van der Waals surface area contributed by atoms with E-state index in [1.807, 2.05) is 0 Å². The number of aromatic carboxylic acids is 1. The molecule has 7 nitrogen and oxygen atoms in total. The van der Waals surface area contributed by atoms with Crippen LogP contribution in [0.5, 0.6) is 5.88 Å². The second-order valence-corrected chi connectivity index (χ2v) is 10.4. The van der Waals surface area contributed by atoms with Gasteiger partial charge in [-0.2, -0.15) is 0 Å². The van der Waals surface area contributed by atoms with Gasteiger partial charge in [0.15, 0.2) is 5.82 Å². The van der Waals surface area contributed by atoms with Crippen molar-refractivity contribution in [1.29, 1.82) is 0 Å². The summed E-state index contributed by atoms with van der Waals surface area (Å²) in [6, 6.07) is 13.9. The molecule has 1 unspecified atom stereocenters. The number of imidazole rings is 1. The topological polar surface area (TPSA) is 86.5 Å². The average Bonchev–Trinajstić information content (AvgIpc) is 3.29. The van der Waals surface area contributed by atoms with E-state index >= 15 is 13.2 Å². The maximum absolute atomic E-state index is 15.4. The van der Waals surface area contributed by atoms with Gasteiger partial charge in [0.1, 0.15) is 35.4 Å². The van der Waals surface area contributed by atoms with E-state index in [9.17, 15) is 14.3 Å². The summed E-state index contributed by atoms with van der Waals surface area (Å²) in [6.07, 6.45) is 0.286. The van der Waals surface area contributed by atoms with Gasteiger partial charge in [-0.3, -0.25) is 0 Å². The van der Waals surface area contributed by atoms with Crippen molar-refractivity contribution < 1.29 is 36.9 Å². The number of rotatable bonds is 9. The third-order valence-corrected chi connectivity index (χ3v) is 7.40. The van der Waals surface area contributed by atoms with E-state index in [1.165, 1.54) is 28.8 Å². The van der Waals surface area contributed by atoms with Gasteiger partial charge in [0.2, 0.25) is 5.88 Å². The molecule has 220 valence electrons. The van der Waals surface area contributed by atoms with Crippen LogP contribution >= 0.6 is 0 Å². The number of halogens is 4. The van der Waals surface area contributed by atoms with Gasteiger partial charge in [-0.15, -0.1) is 0 Å². The van der Waals surface area contributed by atoms with Crippen LogP contribution in [0.15, 0.2) is 60.7 Å². The fourth-order valence-electron chi connectivity index (χ4n) is 5.02. The normalized spacial score (nSPS) is 14.6. The molecule has 0 radical (unpaired) electrons. The van der Waals surface area contributed by atoms with Crippen molar-refractivity contribution in [3.05, 3.63) is 112 Å². The number of nitrogens with zero attached hydrogens (tertiary/aromatic N) is 3. The van der Waals surface area contributed by atoms with E-state index < -0.39 is 34.8 Å². The fourth-order valence-corrected chi connectivity index (χ4v) is 5.02. The predicted molar refractivity (Wildman–Crippen MR) is 149 cm³/mol. The molecule has 3 heterocycles. The van der Waals surface area contributed by atoms with Crippen molar-refractivity contribution in [2.24, 2.45) is 0 Å². The molecule has 6 rings (SSSR count). The molecule has 0 amide bonds. The van der Waals surface area contributed by atoms with Gasteiger partial charge in [-0.25, -0.2) is 32.3 Å². The number of carboxylic acid groups (broad SMARTS) is 1. The zero-order chi connectivity index (χ0) is 30.2. The molecular weight excluding hydrogens is 566 g/mol. The van der Waals surface area contributed by atoms with Crippen molar-refractivity contribution in [2.75, 3.05) is 6.61 Å². The summed E-state index contributed by atoms with van der Waals surface area (Å²) in [7, 11) is 0. The van der Waals surface area contributed by atoms with Crippen LogP contribution in [-0.2, 0) is 24.3 Å². The van der Waals surface area contributed by atoms with Crippen molar-refractivity contribution in [1.82, 2.24) is 14.5 Å². The Labute approximate surface area is 243 Å². The molecule has 0 aliphatic carbocycles. The highest BCUT2D eigenvalue weighted by atomic mass is 19.1. The molecule has 11 heteroatoms. The van der Waals surface area contributed by atoms with Crippen LogP contribution in [-0.4, -0.2) is 38.3 Å². The Balaban J connectivity index is 1.29. The fraction of sp³-hybridized carbons (Fsp3) is 0.219. The molecule has 1 aliphatic rings. The van der Waals surface area contributed by atoms with Crippen molar-refractivity contribution >= 4 is 17.0 Å². The zero-order valence-electron chi connectivity index (χ0n) is 22.9. The minimum Gasteiger partial charge on any atom is -0.478 e. The molecule has 1 atom stereocenters. The summed E-state index contributed by atoms with van der Waals surface area (Å²) >= 11 is 0. The Morgan fingerprint density at radius 2 is 1.79 bits per heavy atom. The molecule has 5 aromatic rings. The average molecular weight is 592 g/mol. The van der Waals surface area contributed by atoms with E-state index in [0.717, 1.165) is 23.8 Å². The smallest absolute Gasteiger partial charge is 0.338 e. The maximum Gasteiger partial charge on any atom is 0.338 e. The highest BCUT2D eigenvalue weighted by Crippen LogP contribution is 2.30. The van der Waals surface area contributed by atoms with E-state index in [4.69, 9.17) is 9.47 Å². The number of carboxylic acids is 1. The van der Waals surface area contributed by atoms with Crippen LogP contribution in [0.2, 0.25) is 0 Å². The number of carbonyl (C=O) groups is 1. The summed E-state index contributed by atoms with van der Waals surface area (Å²) in [4.78, 5) is 20.2. The van der Waals surface area contributed by atoms with Crippen molar-refractivity contribution in [2.45, 2.75) is 39.0 Å². The quantitative estimate of drug-likeness (QED) is 0.194. The summed E-state index contributed by atoms with van der Waals surface area (Å²) in [5.41, 5.74) is 0.715. The predicted octanol–water partition coefficient (Wildman–Crippen LogP) is 6.62. The number of hydrogen-bond acceptors (Lipinski definition) is 5. The van der Waals surface area contributed by atoms with E-state index in [-0.39, 0.29) is 65.2 Å². The lowest BCUT2D eigenvalue weighted by Crippen LogP contribution is -2.32. The Kier molecular flexibility index (Phi) is 7.57. The lowest BCUT2D eigenvalue weighted by atomic mass is 10.0. The standard InChI is InChI=1S/C32H25F4N3O4/c1-17-5-6-18(23(33)11-17)16-43-29-4-2-3-26(38-29)22-14-24(34)19(12-25(22)35)13-28-37-27-8-7-21(32(40)41)30(36)31(27)39(28)15-20-9-10-42-20/h2-8,11-12,14,20H,9-10,13,15-16H2,1H3,(H,40,41). The third-order valence-electron chi connectivity index (χ3n) is 7.40. The van der Waals surface area contributed by atoms with Crippen molar-refractivity contribution in [3.8, 4) is 17.1 Å². The Morgan fingerprint density at radius 1 is 1.00 bits per heavy atom. The highest BCUT2D eigenvalue weighted by Gasteiger charge is 2.26. The van der Waals surface area contributed by atoms with Crippen LogP contribution in [0.25, 0.3) is 22.3 Å². The maximum atomic E-state index is 15.4. The molecule has 0 bridgehead atoms. The van der Waals surface area contributed by atoms with Crippen LogP contribution in [0.4, 0.5) is 17.6 Å². The first-order valence-electron chi connectivity index (χ1n) is 13.5.